The van der Waals surface area contributed by atoms with Crippen LogP contribution >= 0.6 is 0 Å². The van der Waals surface area contributed by atoms with E-state index in [-0.39, 0.29) is 13.2 Å². The highest BCUT2D eigenvalue weighted by molar-refractivity contribution is 4.56. The molecule has 0 unspecified atom stereocenters. The van der Waals surface area contributed by atoms with E-state index < -0.39 is 0 Å². The van der Waals surface area contributed by atoms with Crippen LogP contribution in [-0.4, -0.2) is 54.5 Å². The van der Waals surface area contributed by atoms with Crippen LogP contribution in [-0.2, 0) is 0 Å². The summed E-state index contributed by atoms with van der Waals surface area (Å²) in [6, 6.07) is 0. The molecule has 0 fully saturated rings. The molecular weight excluding hydrogens is 144 g/mol. The lowest BCUT2D eigenvalue weighted by molar-refractivity contribution is 0.160. The first-order chi connectivity index (χ1) is 5.35. The predicted octanol–water partition coefficient (Wildman–Crippen LogP) is -1.38. The van der Waals surface area contributed by atoms with Crippen molar-refractivity contribution < 1.29 is 10.2 Å². The van der Waals surface area contributed by atoms with Gasteiger partial charge in [0.05, 0.1) is 13.2 Å². The molecule has 0 bridgehead atoms. The zero-order valence-electron chi connectivity index (χ0n) is 6.87. The van der Waals surface area contributed by atoms with Gasteiger partial charge < -0.3 is 15.9 Å². The topological polar surface area (TPSA) is 69.7 Å². The third-order valence-corrected chi connectivity index (χ3v) is 1.51. The SMILES string of the molecule is NCCCN(CCO)CCO. The van der Waals surface area contributed by atoms with Crippen LogP contribution in [0.2, 0.25) is 0 Å². The maximum absolute atomic E-state index is 8.61. The Bertz CT molecular complexity index is 74.8. The van der Waals surface area contributed by atoms with Crippen LogP contribution in [0.15, 0.2) is 0 Å². The van der Waals surface area contributed by atoms with Crippen molar-refractivity contribution in [2.45, 2.75) is 6.42 Å². The summed E-state index contributed by atoms with van der Waals surface area (Å²) < 4.78 is 0. The average molecular weight is 162 g/mol. The molecule has 0 amide bonds. The number of aliphatic hydroxyl groups is 2. The van der Waals surface area contributed by atoms with Crippen molar-refractivity contribution in [2.75, 3.05) is 39.4 Å². The Labute approximate surface area is 67.6 Å². The summed E-state index contributed by atoms with van der Waals surface area (Å²) in [6.45, 7) is 3.06. The fourth-order valence-electron chi connectivity index (χ4n) is 0.933. The van der Waals surface area contributed by atoms with Crippen LogP contribution < -0.4 is 5.73 Å². The Kier molecular flexibility index (Phi) is 7.83. The molecule has 0 aliphatic heterocycles. The molecule has 0 heterocycles. The molecular formula is C7H18N2O2. The lowest BCUT2D eigenvalue weighted by Crippen LogP contribution is -2.31. The minimum Gasteiger partial charge on any atom is -0.395 e. The smallest absolute Gasteiger partial charge is 0.0558 e. The second kappa shape index (κ2) is 7.94. The Hall–Kier alpha value is -0.160. The molecule has 0 spiro atoms. The van der Waals surface area contributed by atoms with Gasteiger partial charge >= 0.3 is 0 Å². The normalized spacial score (nSPS) is 10.9. The van der Waals surface area contributed by atoms with Crippen LogP contribution in [0, 0.1) is 0 Å². The number of rotatable bonds is 7. The van der Waals surface area contributed by atoms with E-state index in [1.807, 2.05) is 4.90 Å². The first-order valence-electron chi connectivity index (χ1n) is 3.99. The maximum Gasteiger partial charge on any atom is 0.0558 e. The van der Waals surface area contributed by atoms with E-state index >= 15 is 0 Å². The molecule has 68 valence electrons. The molecule has 0 saturated carbocycles. The molecule has 0 aliphatic carbocycles. The van der Waals surface area contributed by atoms with Gasteiger partial charge in [0.25, 0.3) is 0 Å². The monoisotopic (exact) mass is 162 g/mol. The lowest BCUT2D eigenvalue weighted by atomic mass is 10.3. The van der Waals surface area contributed by atoms with Crippen LogP contribution in [0.4, 0.5) is 0 Å². The average Bonchev–Trinajstić information content (AvgIpc) is 2.01. The molecule has 4 nitrogen and oxygen atoms in total. The van der Waals surface area contributed by atoms with E-state index in [2.05, 4.69) is 0 Å². The highest BCUT2D eigenvalue weighted by atomic mass is 16.3. The largest absolute Gasteiger partial charge is 0.395 e. The number of nitrogens with two attached hydrogens (primary N) is 1. The van der Waals surface area contributed by atoms with Crippen molar-refractivity contribution in [3.63, 3.8) is 0 Å². The van der Waals surface area contributed by atoms with Gasteiger partial charge in [-0.3, -0.25) is 4.90 Å². The molecule has 0 aromatic heterocycles. The van der Waals surface area contributed by atoms with Gasteiger partial charge in [0.2, 0.25) is 0 Å². The summed E-state index contributed by atoms with van der Waals surface area (Å²) >= 11 is 0. The van der Waals surface area contributed by atoms with E-state index in [9.17, 15) is 0 Å². The Morgan fingerprint density at radius 1 is 1.00 bits per heavy atom. The highest BCUT2D eigenvalue weighted by Gasteiger charge is 2.00. The van der Waals surface area contributed by atoms with Crippen LogP contribution in [0.25, 0.3) is 0 Å². The molecule has 4 N–H and O–H groups in total. The van der Waals surface area contributed by atoms with Gasteiger partial charge in [0, 0.05) is 13.1 Å². The number of nitrogens with zero attached hydrogens (tertiary/aromatic N) is 1. The quantitative estimate of drug-likeness (QED) is 0.431. The molecule has 4 heteroatoms. The molecule has 0 saturated heterocycles. The van der Waals surface area contributed by atoms with Crippen molar-refractivity contribution in [3.8, 4) is 0 Å². The van der Waals surface area contributed by atoms with Gasteiger partial charge in [-0.2, -0.15) is 0 Å². The Balaban J connectivity index is 3.34. The molecule has 0 radical (unpaired) electrons. The number of hydrogen-bond acceptors (Lipinski definition) is 4. The number of aliphatic hydroxyl groups excluding tert-OH is 2. The molecule has 0 rings (SSSR count). The predicted molar refractivity (Wildman–Crippen MR) is 44.3 cm³/mol. The van der Waals surface area contributed by atoms with Crippen molar-refractivity contribution in [3.05, 3.63) is 0 Å². The van der Waals surface area contributed by atoms with E-state index in [4.69, 9.17) is 15.9 Å². The third-order valence-electron chi connectivity index (χ3n) is 1.51. The van der Waals surface area contributed by atoms with Gasteiger partial charge in [0.15, 0.2) is 0 Å². The van der Waals surface area contributed by atoms with Crippen molar-refractivity contribution in [2.24, 2.45) is 5.73 Å². The standard InChI is InChI=1S/C7H18N2O2/c8-2-1-3-9(4-6-10)5-7-11/h10-11H,1-8H2. The van der Waals surface area contributed by atoms with E-state index in [1.54, 1.807) is 0 Å². The van der Waals surface area contributed by atoms with Gasteiger partial charge in [-0.15, -0.1) is 0 Å². The van der Waals surface area contributed by atoms with Crippen molar-refractivity contribution in [1.82, 2.24) is 4.90 Å². The van der Waals surface area contributed by atoms with Gasteiger partial charge in [0.1, 0.15) is 0 Å². The molecule has 0 aromatic carbocycles. The van der Waals surface area contributed by atoms with Gasteiger partial charge in [-0.1, -0.05) is 0 Å². The molecule has 0 aliphatic rings. The van der Waals surface area contributed by atoms with Gasteiger partial charge in [-0.05, 0) is 19.5 Å². The van der Waals surface area contributed by atoms with Crippen molar-refractivity contribution in [1.29, 1.82) is 0 Å². The van der Waals surface area contributed by atoms with E-state index in [0.29, 0.717) is 19.6 Å². The first kappa shape index (κ1) is 10.8. The summed E-state index contributed by atoms with van der Waals surface area (Å²) in [5, 5.41) is 17.2. The van der Waals surface area contributed by atoms with E-state index in [1.165, 1.54) is 0 Å². The Morgan fingerprint density at radius 2 is 1.55 bits per heavy atom. The fraction of sp³-hybridized carbons (Fsp3) is 1.00. The third kappa shape index (κ3) is 6.25. The fourth-order valence-corrected chi connectivity index (χ4v) is 0.933. The summed E-state index contributed by atoms with van der Waals surface area (Å²) in [6.07, 6.45) is 0.917. The minimum absolute atomic E-state index is 0.143. The summed E-state index contributed by atoms with van der Waals surface area (Å²) in [5.74, 6) is 0. The van der Waals surface area contributed by atoms with Crippen LogP contribution in [0.5, 0.6) is 0 Å². The number of hydrogen-bond donors (Lipinski definition) is 3. The summed E-state index contributed by atoms with van der Waals surface area (Å²) in [7, 11) is 0. The molecule has 0 aromatic rings. The van der Waals surface area contributed by atoms with Crippen LogP contribution in [0.3, 0.4) is 0 Å². The zero-order valence-corrected chi connectivity index (χ0v) is 6.87. The van der Waals surface area contributed by atoms with Crippen LogP contribution in [0.1, 0.15) is 6.42 Å². The maximum atomic E-state index is 8.61. The second-order valence-electron chi connectivity index (χ2n) is 2.43. The van der Waals surface area contributed by atoms with Gasteiger partial charge in [-0.25, -0.2) is 0 Å². The molecule has 11 heavy (non-hydrogen) atoms. The van der Waals surface area contributed by atoms with Crippen molar-refractivity contribution >= 4 is 0 Å². The minimum atomic E-state index is 0.143. The highest BCUT2D eigenvalue weighted by Crippen LogP contribution is 1.88. The first-order valence-corrected chi connectivity index (χ1v) is 3.99. The van der Waals surface area contributed by atoms with E-state index in [0.717, 1.165) is 13.0 Å². The second-order valence-corrected chi connectivity index (χ2v) is 2.43. The molecule has 0 atom stereocenters. The summed E-state index contributed by atoms with van der Waals surface area (Å²) in [4.78, 5) is 1.99. The Morgan fingerprint density at radius 3 is 1.91 bits per heavy atom. The zero-order chi connectivity index (χ0) is 8.53. The lowest BCUT2D eigenvalue weighted by Gasteiger charge is -2.19. The summed E-state index contributed by atoms with van der Waals surface area (Å²) in [5.41, 5.74) is 5.32.